The number of esters is 1. The van der Waals surface area contributed by atoms with Gasteiger partial charge in [0.15, 0.2) is 17.2 Å². The molecular formula is C20H20N4O2. The number of hydrogen-bond donors (Lipinski definition) is 0. The van der Waals surface area contributed by atoms with Crippen LogP contribution >= 0.6 is 0 Å². The Balaban J connectivity index is 1.80. The van der Waals surface area contributed by atoms with Crippen molar-refractivity contribution < 1.29 is 9.53 Å². The topological polar surface area (TPSA) is 69.4 Å². The lowest BCUT2D eigenvalue weighted by Gasteiger charge is -2.38. The summed E-state index contributed by atoms with van der Waals surface area (Å²) in [5.41, 5.74) is 4.40. The van der Waals surface area contributed by atoms with Crippen molar-refractivity contribution in [3.05, 3.63) is 47.2 Å². The summed E-state index contributed by atoms with van der Waals surface area (Å²) >= 11 is 0. The summed E-state index contributed by atoms with van der Waals surface area (Å²) in [7, 11) is 0. The van der Waals surface area contributed by atoms with Crippen LogP contribution in [0.3, 0.4) is 0 Å². The maximum Gasteiger partial charge on any atom is 0.359 e. The van der Waals surface area contributed by atoms with Gasteiger partial charge in [0.05, 0.1) is 6.61 Å². The molecule has 26 heavy (non-hydrogen) atoms. The highest BCUT2D eigenvalue weighted by atomic mass is 16.5. The minimum absolute atomic E-state index is 0.342. The first-order valence-corrected chi connectivity index (χ1v) is 9.29. The molecule has 0 radical (unpaired) electrons. The van der Waals surface area contributed by atoms with Gasteiger partial charge in [0.1, 0.15) is 0 Å². The van der Waals surface area contributed by atoms with Gasteiger partial charge in [0.25, 0.3) is 0 Å². The molecular weight excluding hydrogens is 328 g/mol. The van der Waals surface area contributed by atoms with Gasteiger partial charge < -0.3 is 4.74 Å². The second kappa shape index (κ2) is 5.90. The minimum atomic E-state index is -0.342. The van der Waals surface area contributed by atoms with Crippen LogP contribution in [0.15, 0.2) is 30.3 Å². The lowest BCUT2D eigenvalue weighted by atomic mass is 9.67. The van der Waals surface area contributed by atoms with Gasteiger partial charge in [0.2, 0.25) is 0 Å². The van der Waals surface area contributed by atoms with Crippen LogP contribution in [0.25, 0.3) is 17.0 Å². The summed E-state index contributed by atoms with van der Waals surface area (Å²) in [5.74, 6) is 1.13. The monoisotopic (exact) mass is 348 g/mol. The van der Waals surface area contributed by atoms with Gasteiger partial charge in [-0.05, 0) is 50.0 Å². The quantitative estimate of drug-likeness (QED) is 0.675. The predicted octanol–water partition coefficient (Wildman–Crippen LogP) is 3.72. The average molecular weight is 348 g/mol. The molecule has 0 atom stereocenters. The fourth-order valence-electron chi connectivity index (χ4n) is 4.55. The first-order chi connectivity index (χ1) is 12.8. The third-order valence-electron chi connectivity index (χ3n) is 5.67. The third-order valence-corrected chi connectivity index (χ3v) is 5.67. The standard InChI is InChI=1S/C20H20N4O2/c1-2-26-20(25)17-15-12-8-10-13(11-9-12)16(15)19-22-21-18(24(19)23-17)14-6-4-3-5-7-14/h3-7,12-13H,2,8-11H2,1H3. The number of fused-ring (bicyclic) bond motifs is 3. The average Bonchev–Trinajstić information content (AvgIpc) is 3.13. The van der Waals surface area contributed by atoms with E-state index in [4.69, 9.17) is 4.74 Å². The Labute approximate surface area is 151 Å². The summed E-state index contributed by atoms with van der Waals surface area (Å²) in [5, 5.41) is 13.6. The van der Waals surface area contributed by atoms with Gasteiger partial charge in [-0.3, -0.25) is 0 Å². The molecule has 1 fully saturated rings. The number of carbonyl (C=O) groups is 1. The zero-order valence-electron chi connectivity index (χ0n) is 14.7. The first kappa shape index (κ1) is 15.5. The Morgan fingerprint density at radius 1 is 1.08 bits per heavy atom. The first-order valence-electron chi connectivity index (χ1n) is 9.29. The normalized spacial score (nSPS) is 21.0. The van der Waals surface area contributed by atoms with Crippen molar-refractivity contribution >= 4 is 11.6 Å². The SMILES string of the molecule is CCOC(=O)c1nn2c(-c3ccccc3)nnc2c2c1C1CCC2CC1. The highest BCUT2D eigenvalue weighted by molar-refractivity contribution is 5.90. The smallest absolute Gasteiger partial charge is 0.359 e. The number of hydrogen-bond acceptors (Lipinski definition) is 5. The van der Waals surface area contributed by atoms with Gasteiger partial charge in [0, 0.05) is 11.1 Å². The molecule has 6 heteroatoms. The highest BCUT2D eigenvalue weighted by Gasteiger charge is 2.40. The molecule has 132 valence electrons. The van der Waals surface area contributed by atoms with Gasteiger partial charge in [-0.1, -0.05) is 30.3 Å². The Morgan fingerprint density at radius 3 is 2.46 bits per heavy atom. The van der Waals surface area contributed by atoms with Crippen LogP contribution in [-0.4, -0.2) is 32.4 Å². The molecule has 1 saturated carbocycles. The van der Waals surface area contributed by atoms with Crippen molar-refractivity contribution in [2.45, 2.75) is 44.4 Å². The summed E-state index contributed by atoms with van der Waals surface area (Å²) < 4.78 is 7.05. The molecule has 3 aliphatic rings. The molecule has 2 aromatic heterocycles. The van der Waals surface area contributed by atoms with E-state index in [1.54, 1.807) is 4.52 Å². The fraction of sp³-hybridized carbons (Fsp3) is 0.400. The summed E-state index contributed by atoms with van der Waals surface area (Å²) in [4.78, 5) is 12.7. The summed E-state index contributed by atoms with van der Waals surface area (Å²) in [6.45, 7) is 2.17. The number of ether oxygens (including phenoxy) is 1. The van der Waals surface area contributed by atoms with E-state index < -0.39 is 0 Å². The largest absolute Gasteiger partial charge is 0.461 e. The van der Waals surface area contributed by atoms with Gasteiger partial charge in [-0.2, -0.15) is 9.61 Å². The van der Waals surface area contributed by atoms with Crippen LogP contribution < -0.4 is 0 Å². The predicted molar refractivity (Wildman–Crippen MR) is 96.1 cm³/mol. The molecule has 0 spiro atoms. The molecule has 2 heterocycles. The van der Waals surface area contributed by atoms with Crippen molar-refractivity contribution in [2.75, 3.05) is 6.61 Å². The third kappa shape index (κ3) is 2.18. The molecule has 3 aliphatic carbocycles. The number of nitrogens with zero attached hydrogens (tertiary/aromatic N) is 4. The highest BCUT2D eigenvalue weighted by Crippen LogP contribution is 2.51. The van der Waals surface area contributed by atoms with E-state index in [0.29, 0.717) is 30.0 Å². The van der Waals surface area contributed by atoms with E-state index in [9.17, 15) is 4.79 Å². The van der Waals surface area contributed by atoms with Crippen LogP contribution in [0.2, 0.25) is 0 Å². The van der Waals surface area contributed by atoms with E-state index in [1.165, 1.54) is 5.56 Å². The number of aromatic nitrogens is 4. The molecule has 0 N–H and O–H groups in total. The van der Waals surface area contributed by atoms with Gasteiger partial charge in [-0.15, -0.1) is 10.2 Å². The van der Waals surface area contributed by atoms with Crippen LogP contribution in [0.1, 0.15) is 66.1 Å². The van der Waals surface area contributed by atoms with Crippen molar-refractivity contribution in [3.8, 4) is 11.4 Å². The molecule has 0 unspecified atom stereocenters. The second-order valence-corrected chi connectivity index (χ2v) is 7.07. The lowest BCUT2D eigenvalue weighted by Crippen LogP contribution is -2.28. The van der Waals surface area contributed by atoms with Gasteiger partial charge in [-0.25, -0.2) is 4.79 Å². The number of benzene rings is 1. The van der Waals surface area contributed by atoms with Crippen LogP contribution in [-0.2, 0) is 4.74 Å². The molecule has 0 saturated heterocycles. The Hall–Kier alpha value is -2.76. The molecule has 6 nitrogen and oxygen atoms in total. The molecule has 0 amide bonds. The Kier molecular flexibility index (Phi) is 3.51. The number of carbonyl (C=O) groups excluding carboxylic acids is 1. The van der Waals surface area contributed by atoms with Crippen LogP contribution in [0, 0.1) is 0 Å². The second-order valence-electron chi connectivity index (χ2n) is 7.07. The van der Waals surface area contributed by atoms with E-state index in [-0.39, 0.29) is 5.97 Å². The lowest BCUT2D eigenvalue weighted by molar-refractivity contribution is 0.0514. The molecule has 2 bridgehead atoms. The maximum absolute atomic E-state index is 12.7. The van der Waals surface area contributed by atoms with Crippen molar-refractivity contribution in [3.63, 3.8) is 0 Å². The maximum atomic E-state index is 12.7. The van der Waals surface area contributed by atoms with Crippen LogP contribution in [0.5, 0.6) is 0 Å². The minimum Gasteiger partial charge on any atom is -0.461 e. The summed E-state index contributed by atoms with van der Waals surface area (Å²) in [6, 6.07) is 9.85. The Bertz CT molecular complexity index is 988. The number of rotatable bonds is 3. The molecule has 1 aromatic carbocycles. The van der Waals surface area contributed by atoms with Crippen molar-refractivity contribution in [2.24, 2.45) is 0 Å². The van der Waals surface area contributed by atoms with Crippen molar-refractivity contribution in [1.82, 2.24) is 19.8 Å². The molecule has 3 aromatic rings. The van der Waals surface area contributed by atoms with E-state index in [1.807, 2.05) is 37.3 Å². The van der Waals surface area contributed by atoms with E-state index in [2.05, 4.69) is 15.3 Å². The molecule has 0 aliphatic heterocycles. The summed E-state index contributed by atoms with van der Waals surface area (Å²) in [6.07, 6.45) is 4.52. The van der Waals surface area contributed by atoms with E-state index in [0.717, 1.165) is 42.5 Å². The zero-order valence-corrected chi connectivity index (χ0v) is 14.7. The van der Waals surface area contributed by atoms with Crippen molar-refractivity contribution in [1.29, 1.82) is 0 Å². The van der Waals surface area contributed by atoms with Crippen LogP contribution in [0.4, 0.5) is 0 Å². The fourth-order valence-corrected chi connectivity index (χ4v) is 4.55. The zero-order chi connectivity index (χ0) is 17.7. The van der Waals surface area contributed by atoms with Gasteiger partial charge >= 0.3 is 5.97 Å². The Morgan fingerprint density at radius 2 is 1.77 bits per heavy atom. The molecule has 6 rings (SSSR count). The van der Waals surface area contributed by atoms with E-state index >= 15 is 0 Å².